The fourth-order valence-electron chi connectivity index (χ4n) is 1.09. The highest BCUT2D eigenvalue weighted by Gasteiger charge is 2.23. The monoisotopic (exact) mass is 295 g/mol. The standard InChI is InChI=1S/C9H8BrF2NO3/c1-16-9(15)6-7(14)5(8(11)12)2-4(3-10)13-6/h2,8,14H,3H2,1H3. The van der Waals surface area contributed by atoms with Crippen LogP contribution < -0.4 is 0 Å². The minimum atomic E-state index is -2.88. The van der Waals surface area contributed by atoms with E-state index in [4.69, 9.17) is 0 Å². The molecule has 88 valence electrons. The molecule has 1 rings (SSSR count). The number of ether oxygens (including phenoxy) is 1. The number of hydrogen-bond donors (Lipinski definition) is 1. The lowest BCUT2D eigenvalue weighted by Crippen LogP contribution is -2.08. The maximum absolute atomic E-state index is 12.5. The van der Waals surface area contributed by atoms with E-state index in [0.717, 1.165) is 13.2 Å². The van der Waals surface area contributed by atoms with Crippen molar-refractivity contribution >= 4 is 21.9 Å². The van der Waals surface area contributed by atoms with E-state index in [1.54, 1.807) is 0 Å². The predicted octanol–water partition coefficient (Wildman–Crippen LogP) is 2.41. The van der Waals surface area contributed by atoms with Gasteiger partial charge in [-0.3, -0.25) is 0 Å². The molecule has 0 fully saturated rings. The van der Waals surface area contributed by atoms with Crippen LogP contribution in [0.2, 0.25) is 0 Å². The second-order valence-corrected chi connectivity index (χ2v) is 3.39. The smallest absolute Gasteiger partial charge is 0.360 e. The van der Waals surface area contributed by atoms with Crippen LogP contribution in [0.15, 0.2) is 6.07 Å². The number of carbonyl (C=O) groups excluding carboxylic acids is 1. The number of hydrogen-bond acceptors (Lipinski definition) is 4. The predicted molar refractivity (Wildman–Crippen MR) is 54.8 cm³/mol. The minimum Gasteiger partial charge on any atom is -0.505 e. The van der Waals surface area contributed by atoms with Gasteiger partial charge < -0.3 is 9.84 Å². The van der Waals surface area contributed by atoms with Crippen molar-refractivity contribution in [1.82, 2.24) is 4.98 Å². The molecule has 0 unspecified atom stereocenters. The number of methoxy groups -OCH3 is 1. The third-order valence-corrected chi connectivity index (χ3v) is 2.40. The van der Waals surface area contributed by atoms with Crippen LogP contribution in [0, 0.1) is 0 Å². The van der Waals surface area contributed by atoms with E-state index in [1.165, 1.54) is 0 Å². The van der Waals surface area contributed by atoms with Crippen molar-refractivity contribution in [3.05, 3.63) is 23.0 Å². The average molecular weight is 296 g/mol. The number of carbonyl (C=O) groups is 1. The van der Waals surface area contributed by atoms with Crippen LogP contribution in [0.3, 0.4) is 0 Å². The first-order chi connectivity index (χ1) is 7.51. The van der Waals surface area contributed by atoms with Crippen LogP contribution in [0.1, 0.15) is 28.2 Å². The average Bonchev–Trinajstić information content (AvgIpc) is 2.28. The molecule has 1 aromatic rings. The number of halogens is 3. The Morgan fingerprint density at radius 1 is 1.69 bits per heavy atom. The van der Waals surface area contributed by atoms with Crippen LogP contribution in [-0.2, 0) is 10.1 Å². The molecule has 0 bridgehead atoms. The lowest BCUT2D eigenvalue weighted by molar-refractivity contribution is 0.0589. The number of pyridine rings is 1. The van der Waals surface area contributed by atoms with Crippen molar-refractivity contribution in [3.8, 4) is 5.75 Å². The van der Waals surface area contributed by atoms with Gasteiger partial charge in [-0.2, -0.15) is 0 Å². The molecule has 0 aliphatic heterocycles. The fourth-order valence-corrected chi connectivity index (χ4v) is 1.37. The van der Waals surface area contributed by atoms with Crippen LogP contribution in [0.5, 0.6) is 5.75 Å². The first-order valence-corrected chi connectivity index (χ1v) is 5.28. The molecule has 0 aliphatic carbocycles. The number of aromatic hydroxyl groups is 1. The molecule has 1 aromatic heterocycles. The van der Waals surface area contributed by atoms with Crippen molar-refractivity contribution in [2.24, 2.45) is 0 Å². The molecule has 0 saturated carbocycles. The van der Waals surface area contributed by atoms with Crippen LogP contribution >= 0.6 is 15.9 Å². The largest absolute Gasteiger partial charge is 0.505 e. The van der Waals surface area contributed by atoms with Gasteiger partial charge >= 0.3 is 5.97 Å². The van der Waals surface area contributed by atoms with E-state index in [-0.39, 0.29) is 11.0 Å². The molecule has 0 amide bonds. The van der Waals surface area contributed by atoms with Crippen LogP contribution in [0.25, 0.3) is 0 Å². The summed E-state index contributed by atoms with van der Waals surface area (Å²) < 4.78 is 29.4. The van der Waals surface area contributed by atoms with Gasteiger partial charge in [0.25, 0.3) is 6.43 Å². The minimum absolute atomic E-state index is 0.191. The Morgan fingerprint density at radius 2 is 2.31 bits per heavy atom. The molecule has 1 heterocycles. The van der Waals surface area contributed by atoms with Gasteiger partial charge in [0.05, 0.1) is 18.4 Å². The van der Waals surface area contributed by atoms with Gasteiger partial charge in [0, 0.05) is 5.33 Å². The Bertz CT molecular complexity index is 412. The third kappa shape index (κ3) is 2.46. The van der Waals surface area contributed by atoms with Crippen molar-refractivity contribution in [2.45, 2.75) is 11.8 Å². The molecule has 1 N–H and O–H groups in total. The summed E-state index contributed by atoms with van der Waals surface area (Å²) in [6, 6.07) is 1.03. The van der Waals surface area contributed by atoms with E-state index in [0.29, 0.717) is 0 Å². The number of aromatic nitrogens is 1. The lowest BCUT2D eigenvalue weighted by atomic mass is 10.1. The van der Waals surface area contributed by atoms with Gasteiger partial charge in [-0.15, -0.1) is 0 Å². The molecule has 0 aliphatic rings. The maximum atomic E-state index is 12.5. The normalized spacial score (nSPS) is 10.6. The van der Waals surface area contributed by atoms with Crippen molar-refractivity contribution in [2.75, 3.05) is 7.11 Å². The second kappa shape index (κ2) is 5.20. The topological polar surface area (TPSA) is 59.4 Å². The highest BCUT2D eigenvalue weighted by molar-refractivity contribution is 9.08. The SMILES string of the molecule is COC(=O)c1nc(CBr)cc(C(F)F)c1O. The fraction of sp³-hybridized carbons (Fsp3) is 0.333. The molecular formula is C9H8BrF2NO3. The van der Waals surface area contributed by atoms with E-state index < -0.39 is 29.4 Å². The number of esters is 1. The van der Waals surface area contributed by atoms with Crippen molar-refractivity contribution in [1.29, 1.82) is 0 Å². The second-order valence-electron chi connectivity index (χ2n) is 2.83. The number of rotatable bonds is 3. The van der Waals surface area contributed by atoms with Gasteiger partial charge in [-0.05, 0) is 6.07 Å². The van der Waals surface area contributed by atoms with Gasteiger partial charge in [-0.25, -0.2) is 18.6 Å². The molecule has 0 saturated heterocycles. The Labute approximate surface area is 98.4 Å². The van der Waals surface area contributed by atoms with E-state index in [9.17, 15) is 18.7 Å². The first-order valence-electron chi connectivity index (χ1n) is 4.16. The lowest BCUT2D eigenvalue weighted by Gasteiger charge is -2.09. The summed E-state index contributed by atoms with van der Waals surface area (Å²) in [7, 11) is 1.08. The molecule has 16 heavy (non-hydrogen) atoms. The highest BCUT2D eigenvalue weighted by atomic mass is 79.9. The molecule has 4 nitrogen and oxygen atoms in total. The molecule has 0 spiro atoms. The van der Waals surface area contributed by atoms with E-state index in [1.807, 2.05) is 0 Å². The molecule has 0 aromatic carbocycles. The van der Waals surface area contributed by atoms with Gasteiger partial charge in [0.1, 0.15) is 0 Å². The van der Waals surface area contributed by atoms with Crippen molar-refractivity contribution in [3.63, 3.8) is 0 Å². The number of nitrogens with zero attached hydrogens (tertiary/aromatic N) is 1. The first kappa shape index (κ1) is 12.8. The zero-order chi connectivity index (χ0) is 12.3. The van der Waals surface area contributed by atoms with Crippen molar-refractivity contribution < 1.29 is 23.4 Å². The Kier molecular flexibility index (Phi) is 4.17. The Hall–Kier alpha value is -1.24. The van der Waals surface area contributed by atoms with Crippen LogP contribution in [-0.4, -0.2) is 23.2 Å². The highest BCUT2D eigenvalue weighted by Crippen LogP contribution is 2.31. The van der Waals surface area contributed by atoms with E-state index in [2.05, 4.69) is 25.7 Å². The number of alkyl halides is 3. The summed E-state index contributed by atoms with van der Waals surface area (Å²) in [5.74, 6) is -1.80. The summed E-state index contributed by atoms with van der Waals surface area (Å²) in [6.07, 6.45) is -2.88. The zero-order valence-electron chi connectivity index (χ0n) is 8.21. The summed E-state index contributed by atoms with van der Waals surface area (Å²) in [5.41, 5.74) is -0.923. The van der Waals surface area contributed by atoms with Crippen LogP contribution in [0.4, 0.5) is 8.78 Å². The van der Waals surface area contributed by atoms with Gasteiger partial charge in [-0.1, -0.05) is 15.9 Å². The van der Waals surface area contributed by atoms with Gasteiger partial charge in [0.2, 0.25) is 0 Å². The van der Waals surface area contributed by atoms with E-state index >= 15 is 0 Å². The zero-order valence-corrected chi connectivity index (χ0v) is 9.79. The molecule has 0 atom stereocenters. The third-order valence-electron chi connectivity index (χ3n) is 1.83. The summed E-state index contributed by atoms with van der Waals surface area (Å²) >= 11 is 3.03. The summed E-state index contributed by atoms with van der Waals surface area (Å²) in [4.78, 5) is 14.9. The summed E-state index contributed by atoms with van der Waals surface area (Å²) in [6.45, 7) is 0. The quantitative estimate of drug-likeness (QED) is 0.687. The maximum Gasteiger partial charge on any atom is 0.360 e. The molecular weight excluding hydrogens is 288 g/mol. The molecule has 7 heteroatoms. The molecule has 0 radical (unpaired) electrons. The Morgan fingerprint density at radius 3 is 2.75 bits per heavy atom. The van der Waals surface area contributed by atoms with Gasteiger partial charge in [0.15, 0.2) is 11.4 Å². The Balaban J connectivity index is 3.37. The summed E-state index contributed by atoms with van der Waals surface area (Å²) in [5, 5.41) is 9.61.